The summed E-state index contributed by atoms with van der Waals surface area (Å²) in [4.78, 5) is 22.2. The summed E-state index contributed by atoms with van der Waals surface area (Å²) in [6.45, 7) is 3.89. The second-order valence-electron chi connectivity index (χ2n) is 8.13. The number of nitrogens with one attached hydrogen (secondary N) is 2. The van der Waals surface area contributed by atoms with E-state index in [4.69, 9.17) is 0 Å². The second-order valence-corrected chi connectivity index (χ2v) is 8.13. The number of aromatic nitrogens is 3. The van der Waals surface area contributed by atoms with E-state index in [-0.39, 0.29) is 5.91 Å². The van der Waals surface area contributed by atoms with Crippen molar-refractivity contribution in [2.45, 2.75) is 25.8 Å². The van der Waals surface area contributed by atoms with Crippen molar-refractivity contribution in [3.05, 3.63) is 65.6 Å². The molecule has 2 N–H and O–H groups in total. The average molecular weight is 402 g/mol. The largest absolute Gasteiger partial charge is 0.352 e. The van der Waals surface area contributed by atoms with Crippen molar-refractivity contribution < 1.29 is 4.79 Å². The molecule has 154 valence electrons. The highest BCUT2D eigenvalue weighted by Gasteiger charge is 2.22. The number of fused-ring (bicyclic) bond motifs is 4. The van der Waals surface area contributed by atoms with Gasteiger partial charge in [0.25, 0.3) is 5.91 Å². The molecule has 0 spiro atoms. The minimum absolute atomic E-state index is 0.0294. The van der Waals surface area contributed by atoms with Gasteiger partial charge in [-0.3, -0.25) is 9.69 Å². The molecule has 0 fully saturated rings. The molecule has 0 unspecified atom stereocenters. The van der Waals surface area contributed by atoms with Crippen LogP contribution in [-0.4, -0.2) is 45.0 Å². The number of amides is 1. The molecule has 6 nitrogen and oxygen atoms in total. The van der Waals surface area contributed by atoms with E-state index in [9.17, 15) is 4.79 Å². The SMILES string of the molecule is Cn1c2c(c3ccccc31)CN(CCCCNC(=O)c1ccc3[nH]cnc3c1)CC2. The Morgan fingerprint density at radius 2 is 2.10 bits per heavy atom. The van der Waals surface area contributed by atoms with E-state index in [0.29, 0.717) is 12.1 Å². The first-order chi connectivity index (χ1) is 14.7. The molecular weight excluding hydrogens is 374 g/mol. The van der Waals surface area contributed by atoms with Crippen molar-refractivity contribution in [1.82, 2.24) is 24.8 Å². The molecule has 6 heteroatoms. The summed E-state index contributed by atoms with van der Waals surface area (Å²) in [6, 6.07) is 14.3. The van der Waals surface area contributed by atoms with Gasteiger partial charge in [0.05, 0.1) is 17.4 Å². The van der Waals surface area contributed by atoms with Crippen LogP contribution in [0.3, 0.4) is 0 Å². The summed E-state index contributed by atoms with van der Waals surface area (Å²) < 4.78 is 2.36. The van der Waals surface area contributed by atoms with Crippen LogP contribution in [-0.2, 0) is 20.0 Å². The van der Waals surface area contributed by atoms with Crippen LogP contribution >= 0.6 is 0 Å². The number of imidazole rings is 1. The molecule has 0 saturated carbocycles. The van der Waals surface area contributed by atoms with Crippen molar-refractivity contribution >= 4 is 27.8 Å². The van der Waals surface area contributed by atoms with Gasteiger partial charge >= 0.3 is 0 Å². The highest BCUT2D eigenvalue weighted by molar-refractivity contribution is 5.97. The first-order valence-electron chi connectivity index (χ1n) is 10.7. The van der Waals surface area contributed by atoms with Gasteiger partial charge in [-0.1, -0.05) is 18.2 Å². The number of aromatic amines is 1. The molecule has 30 heavy (non-hydrogen) atoms. The van der Waals surface area contributed by atoms with Gasteiger partial charge in [0.2, 0.25) is 0 Å². The van der Waals surface area contributed by atoms with Crippen LogP contribution in [0.4, 0.5) is 0 Å². The molecule has 5 rings (SSSR count). The number of aryl methyl sites for hydroxylation is 1. The minimum atomic E-state index is -0.0294. The van der Waals surface area contributed by atoms with Crippen LogP contribution in [0, 0.1) is 0 Å². The monoisotopic (exact) mass is 401 g/mol. The molecule has 0 atom stereocenters. The molecule has 2 aromatic carbocycles. The third-order valence-electron chi connectivity index (χ3n) is 6.26. The topological polar surface area (TPSA) is 65.9 Å². The molecule has 3 heterocycles. The van der Waals surface area contributed by atoms with Crippen LogP contribution in [0.25, 0.3) is 21.9 Å². The molecule has 0 radical (unpaired) electrons. The van der Waals surface area contributed by atoms with Crippen molar-refractivity contribution in [2.75, 3.05) is 19.6 Å². The lowest BCUT2D eigenvalue weighted by Gasteiger charge is -2.27. The average Bonchev–Trinajstić information content (AvgIpc) is 3.36. The fourth-order valence-corrected chi connectivity index (χ4v) is 4.61. The Bertz CT molecular complexity index is 1200. The van der Waals surface area contributed by atoms with Gasteiger partial charge in [0.1, 0.15) is 0 Å². The number of para-hydroxylation sites is 1. The molecule has 1 amide bonds. The summed E-state index contributed by atoms with van der Waals surface area (Å²) in [5, 5.41) is 4.43. The fourth-order valence-electron chi connectivity index (χ4n) is 4.61. The minimum Gasteiger partial charge on any atom is -0.352 e. The standard InChI is InChI=1S/C24H27N5O/c1-28-22-7-3-2-6-18(22)19-15-29(13-10-23(19)28)12-5-4-11-25-24(30)17-8-9-20-21(14-17)27-16-26-20/h2-3,6-9,14,16H,4-5,10-13,15H2,1H3,(H,25,30)(H,26,27). The number of unbranched alkanes of at least 4 members (excludes halogenated alkanes) is 1. The van der Waals surface area contributed by atoms with Gasteiger partial charge in [-0.25, -0.2) is 4.98 Å². The van der Waals surface area contributed by atoms with Gasteiger partial charge in [-0.05, 0) is 49.2 Å². The molecule has 2 aromatic heterocycles. The number of carbonyl (C=O) groups excluding carboxylic acids is 1. The zero-order chi connectivity index (χ0) is 20.5. The third-order valence-corrected chi connectivity index (χ3v) is 6.26. The van der Waals surface area contributed by atoms with Crippen LogP contribution in [0.5, 0.6) is 0 Å². The maximum atomic E-state index is 12.4. The van der Waals surface area contributed by atoms with Gasteiger partial charge in [0.15, 0.2) is 0 Å². The van der Waals surface area contributed by atoms with E-state index in [2.05, 4.69) is 56.1 Å². The Hall–Kier alpha value is -3.12. The van der Waals surface area contributed by atoms with Gasteiger partial charge in [0, 0.05) is 55.3 Å². The van der Waals surface area contributed by atoms with E-state index in [0.717, 1.165) is 49.9 Å². The summed E-state index contributed by atoms with van der Waals surface area (Å²) in [6.07, 6.45) is 4.81. The Balaban J connectivity index is 1.11. The number of hydrogen-bond acceptors (Lipinski definition) is 3. The van der Waals surface area contributed by atoms with Crippen molar-refractivity contribution in [3.63, 3.8) is 0 Å². The Morgan fingerprint density at radius 1 is 1.20 bits per heavy atom. The fraction of sp³-hybridized carbons (Fsp3) is 0.333. The van der Waals surface area contributed by atoms with Crippen LogP contribution < -0.4 is 5.32 Å². The van der Waals surface area contributed by atoms with Crippen LogP contribution in [0.15, 0.2) is 48.8 Å². The quantitative estimate of drug-likeness (QED) is 0.485. The number of benzene rings is 2. The number of H-pyrrole nitrogens is 1. The normalized spacial score (nSPS) is 14.3. The van der Waals surface area contributed by atoms with E-state index in [1.165, 1.54) is 22.2 Å². The summed E-state index contributed by atoms with van der Waals surface area (Å²) in [5.74, 6) is -0.0294. The number of carbonyl (C=O) groups is 1. The zero-order valence-electron chi connectivity index (χ0n) is 17.3. The predicted molar refractivity (Wildman–Crippen MR) is 120 cm³/mol. The maximum Gasteiger partial charge on any atom is 0.251 e. The van der Waals surface area contributed by atoms with Crippen molar-refractivity contribution in [3.8, 4) is 0 Å². The predicted octanol–water partition coefficient (Wildman–Crippen LogP) is 3.62. The lowest BCUT2D eigenvalue weighted by molar-refractivity contribution is 0.0952. The smallest absolute Gasteiger partial charge is 0.251 e. The Morgan fingerprint density at radius 3 is 3.03 bits per heavy atom. The first-order valence-corrected chi connectivity index (χ1v) is 10.7. The van der Waals surface area contributed by atoms with E-state index >= 15 is 0 Å². The van der Waals surface area contributed by atoms with Gasteiger partial charge in [-0.2, -0.15) is 0 Å². The van der Waals surface area contributed by atoms with Gasteiger partial charge in [-0.15, -0.1) is 0 Å². The molecule has 1 aliphatic heterocycles. The number of rotatable bonds is 6. The van der Waals surface area contributed by atoms with E-state index in [1.54, 1.807) is 6.33 Å². The summed E-state index contributed by atoms with van der Waals surface area (Å²) in [7, 11) is 2.18. The molecule has 0 bridgehead atoms. The molecule has 4 aromatic rings. The van der Waals surface area contributed by atoms with Crippen LogP contribution in [0.1, 0.15) is 34.5 Å². The van der Waals surface area contributed by atoms with Crippen molar-refractivity contribution in [2.24, 2.45) is 7.05 Å². The second kappa shape index (κ2) is 7.95. The molecule has 0 saturated heterocycles. The summed E-state index contributed by atoms with van der Waals surface area (Å²) >= 11 is 0. The van der Waals surface area contributed by atoms with Crippen molar-refractivity contribution in [1.29, 1.82) is 0 Å². The number of nitrogens with zero attached hydrogens (tertiary/aromatic N) is 3. The highest BCUT2D eigenvalue weighted by atomic mass is 16.1. The Labute approximate surface area is 175 Å². The highest BCUT2D eigenvalue weighted by Crippen LogP contribution is 2.30. The Kier molecular flexibility index (Phi) is 5.01. The van der Waals surface area contributed by atoms with E-state index in [1.807, 2.05) is 18.2 Å². The summed E-state index contributed by atoms with van der Waals surface area (Å²) in [5.41, 5.74) is 6.73. The molecule has 1 aliphatic rings. The van der Waals surface area contributed by atoms with Crippen LogP contribution in [0.2, 0.25) is 0 Å². The molecular formula is C24H27N5O. The molecule has 0 aliphatic carbocycles. The lowest BCUT2D eigenvalue weighted by Crippen LogP contribution is -2.32. The lowest BCUT2D eigenvalue weighted by atomic mass is 10.0. The first kappa shape index (κ1) is 18.9. The maximum absolute atomic E-state index is 12.4. The third kappa shape index (κ3) is 3.48. The van der Waals surface area contributed by atoms with E-state index < -0.39 is 0 Å². The number of hydrogen-bond donors (Lipinski definition) is 2. The zero-order valence-corrected chi connectivity index (χ0v) is 17.3. The van der Waals surface area contributed by atoms with Gasteiger partial charge < -0.3 is 14.9 Å².